The molecule has 21 heavy (non-hydrogen) atoms. The second-order valence-corrected chi connectivity index (χ2v) is 7.31. The summed E-state index contributed by atoms with van der Waals surface area (Å²) in [7, 11) is -3.26. The van der Waals surface area contributed by atoms with E-state index in [1.807, 2.05) is 6.92 Å². The predicted octanol–water partition coefficient (Wildman–Crippen LogP) is 3.16. The Morgan fingerprint density at radius 3 is 2.38 bits per heavy atom. The maximum atomic E-state index is 12.2. The van der Waals surface area contributed by atoms with Gasteiger partial charge in [-0.2, -0.15) is 0 Å². The van der Waals surface area contributed by atoms with Crippen LogP contribution >= 0.6 is 11.6 Å². The molecular formula is C15H18ClNO3S. The van der Waals surface area contributed by atoms with Gasteiger partial charge in [0.05, 0.1) is 12.3 Å². The van der Waals surface area contributed by atoms with Crippen LogP contribution in [0.3, 0.4) is 0 Å². The van der Waals surface area contributed by atoms with Crippen LogP contribution < -0.4 is 5.32 Å². The molecule has 114 valence electrons. The normalized spacial score (nSPS) is 11.7. The lowest BCUT2D eigenvalue weighted by molar-refractivity contribution is 0.459. The van der Waals surface area contributed by atoms with Crippen LogP contribution in [0.1, 0.15) is 24.0 Å². The fourth-order valence-electron chi connectivity index (χ4n) is 1.95. The summed E-state index contributed by atoms with van der Waals surface area (Å²) in [5, 5.41) is 3.72. The van der Waals surface area contributed by atoms with Gasteiger partial charge in [-0.1, -0.05) is 30.7 Å². The van der Waals surface area contributed by atoms with Crippen molar-refractivity contribution >= 4 is 21.4 Å². The van der Waals surface area contributed by atoms with Crippen LogP contribution in [0.2, 0.25) is 5.02 Å². The summed E-state index contributed by atoms with van der Waals surface area (Å²) >= 11 is 5.79. The highest BCUT2D eigenvalue weighted by atomic mass is 35.5. The lowest BCUT2D eigenvalue weighted by Gasteiger charge is -2.03. The van der Waals surface area contributed by atoms with Gasteiger partial charge in [0.1, 0.15) is 17.3 Å². The summed E-state index contributed by atoms with van der Waals surface area (Å²) in [5.74, 6) is 1.10. The molecule has 0 bridgehead atoms. The average molecular weight is 328 g/mol. The molecule has 0 fully saturated rings. The summed E-state index contributed by atoms with van der Waals surface area (Å²) in [5.41, 5.74) is 0.721. The van der Waals surface area contributed by atoms with Crippen molar-refractivity contribution in [3.8, 4) is 0 Å². The standard InChI is InChI=1S/C15H18ClNO3S/c1-2-17-9-14-7-8-15(20-14)11-21(18,19)10-12-3-5-13(16)6-4-12/h3-8,17H,2,9-11H2,1H3. The highest BCUT2D eigenvalue weighted by Crippen LogP contribution is 2.17. The van der Waals surface area contributed by atoms with Crippen molar-refractivity contribution in [2.75, 3.05) is 6.54 Å². The molecule has 0 unspecified atom stereocenters. The number of benzene rings is 1. The van der Waals surface area contributed by atoms with Crippen molar-refractivity contribution in [2.24, 2.45) is 0 Å². The molecule has 2 aromatic rings. The third kappa shape index (κ3) is 5.19. The van der Waals surface area contributed by atoms with Gasteiger partial charge in [0, 0.05) is 5.02 Å². The average Bonchev–Trinajstić information content (AvgIpc) is 2.85. The Morgan fingerprint density at radius 2 is 1.71 bits per heavy atom. The van der Waals surface area contributed by atoms with Crippen LogP contribution in [-0.2, 0) is 27.9 Å². The molecule has 4 nitrogen and oxygen atoms in total. The number of hydrogen-bond donors (Lipinski definition) is 1. The minimum Gasteiger partial charge on any atom is -0.464 e. The predicted molar refractivity (Wildman–Crippen MR) is 83.9 cm³/mol. The first-order valence-corrected chi connectivity index (χ1v) is 8.91. The summed E-state index contributed by atoms with van der Waals surface area (Å²) in [6.07, 6.45) is 0. The molecule has 2 rings (SSSR count). The zero-order chi connectivity index (χ0) is 15.3. The van der Waals surface area contributed by atoms with E-state index >= 15 is 0 Å². The highest BCUT2D eigenvalue weighted by molar-refractivity contribution is 7.89. The van der Waals surface area contributed by atoms with Crippen molar-refractivity contribution < 1.29 is 12.8 Å². The van der Waals surface area contributed by atoms with Crippen molar-refractivity contribution in [3.05, 3.63) is 58.5 Å². The Morgan fingerprint density at radius 1 is 1.05 bits per heavy atom. The molecule has 1 N–H and O–H groups in total. The van der Waals surface area contributed by atoms with E-state index in [2.05, 4.69) is 5.32 Å². The number of rotatable bonds is 7. The van der Waals surface area contributed by atoms with Crippen LogP contribution in [0.5, 0.6) is 0 Å². The van der Waals surface area contributed by atoms with Crippen molar-refractivity contribution in [1.29, 1.82) is 0 Å². The summed E-state index contributed by atoms with van der Waals surface area (Å²) in [6, 6.07) is 10.3. The zero-order valence-electron chi connectivity index (χ0n) is 11.8. The van der Waals surface area contributed by atoms with Crippen LogP contribution in [-0.4, -0.2) is 15.0 Å². The molecule has 0 saturated carbocycles. The van der Waals surface area contributed by atoms with Gasteiger partial charge in [0.25, 0.3) is 0 Å². The Balaban J connectivity index is 2.00. The zero-order valence-corrected chi connectivity index (χ0v) is 13.4. The number of sulfone groups is 1. The first-order chi connectivity index (χ1) is 9.98. The van der Waals surface area contributed by atoms with Crippen LogP contribution in [0.15, 0.2) is 40.8 Å². The lowest BCUT2D eigenvalue weighted by Crippen LogP contribution is -2.11. The molecule has 6 heteroatoms. The van der Waals surface area contributed by atoms with Gasteiger partial charge in [0.15, 0.2) is 9.84 Å². The first kappa shape index (κ1) is 16.1. The van der Waals surface area contributed by atoms with E-state index in [0.717, 1.165) is 17.9 Å². The topological polar surface area (TPSA) is 59.3 Å². The van der Waals surface area contributed by atoms with Crippen LogP contribution in [0, 0.1) is 0 Å². The molecule has 0 aliphatic rings. The molecule has 0 atom stereocenters. The van der Waals surface area contributed by atoms with E-state index in [9.17, 15) is 8.42 Å². The largest absolute Gasteiger partial charge is 0.464 e. The Kier molecular flexibility index (Phi) is 5.45. The van der Waals surface area contributed by atoms with E-state index in [-0.39, 0.29) is 11.5 Å². The van der Waals surface area contributed by atoms with Gasteiger partial charge in [-0.25, -0.2) is 8.42 Å². The quantitative estimate of drug-likeness (QED) is 0.848. The number of furan rings is 1. The Bertz CT molecular complexity index is 677. The van der Waals surface area contributed by atoms with Crippen molar-refractivity contribution in [2.45, 2.75) is 25.0 Å². The molecule has 1 aromatic heterocycles. The van der Waals surface area contributed by atoms with Crippen molar-refractivity contribution in [1.82, 2.24) is 5.32 Å². The molecule has 0 amide bonds. The third-order valence-electron chi connectivity index (χ3n) is 2.93. The van der Waals surface area contributed by atoms with Crippen LogP contribution in [0.4, 0.5) is 0 Å². The third-order valence-corrected chi connectivity index (χ3v) is 4.68. The van der Waals surface area contributed by atoms with E-state index in [1.54, 1.807) is 36.4 Å². The lowest BCUT2D eigenvalue weighted by atomic mass is 10.2. The summed E-state index contributed by atoms with van der Waals surface area (Å²) in [4.78, 5) is 0. The molecule has 0 radical (unpaired) electrons. The summed E-state index contributed by atoms with van der Waals surface area (Å²) in [6.45, 7) is 3.44. The highest BCUT2D eigenvalue weighted by Gasteiger charge is 2.16. The molecule has 0 spiro atoms. The minimum absolute atomic E-state index is 0.0204. The van der Waals surface area contributed by atoms with E-state index < -0.39 is 9.84 Å². The number of halogens is 1. The molecular weight excluding hydrogens is 310 g/mol. The van der Waals surface area contributed by atoms with Gasteiger partial charge in [-0.05, 0) is 36.4 Å². The van der Waals surface area contributed by atoms with Gasteiger partial charge >= 0.3 is 0 Å². The number of nitrogens with one attached hydrogen (secondary N) is 1. The second kappa shape index (κ2) is 7.11. The SMILES string of the molecule is CCNCc1ccc(CS(=O)(=O)Cc2ccc(Cl)cc2)o1. The summed E-state index contributed by atoms with van der Waals surface area (Å²) < 4.78 is 29.9. The maximum absolute atomic E-state index is 12.2. The maximum Gasteiger partial charge on any atom is 0.161 e. The molecule has 1 aromatic carbocycles. The van der Waals surface area contributed by atoms with E-state index in [4.69, 9.17) is 16.0 Å². The van der Waals surface area contributed by atoms with E-state index in [1.165, 1.54) is 0 Å². The Hall–Kier alpha value is -1.30. The number of hydrogen-bond acceptors (Lipinski definition) is 4. The van der Waals surface area contributed by atoms with Gasteiger partial charge in [-0.15, -0.1) is 0 Å². The molecule has 0 aliphatic heterocycles. The fourth-order valence-corrected chi connectivity index (χ4v) is 3.46. The van der Waals surface area contributed by atoms with Crippen LogP contribution in [0.25, 0.3) is 0 Å². The van der Waals surface area contributed by atoms with Crippen molar-refractivity contribution in [3.63, 3.8) is 0 Å². The smallest absolute Gasteiger partial charge is 0.161 e. The Labute approximate surface area is 130 Å². The monoisotopic (exact) mass is 327 g/mol. The second-order valence-electron chi connectivity index (χ2n) is 4.81. The first-order valence-electron chi connectivity index (χ1n) is 6.71. The molecule has 0 aliphatic carbocycles. The van der Waals surface area contributed by atoms with E-state index in [0.29, 0.717) is 17.3 Å². The van der Waals surface area contributed by atoms with Gasteiger partial charge in [-0.3, -0.25) is 0 Å². The molecule has 0 saturated heterocycles. The minimum atomic E-state index is -3.26. The fraction of sp³-hybridized carbons (Fsp3) is 0.333. The van der Waals surface area contributed by atoms with Gasteiger partial charge < -0.3 is 9.73 Å². The molecule has 1 heterocycles. The van der Waals surface area contributed by atoms with Gasteiger partial charge in [0.2, 0.25) is 0 Å².